The second kappa shape index (κ2) is 9.51. The van der Waals surface area contributed by atoms with E-state index in [2.05, 4.69) is 46.7 Å². The maximum absolute atomic E-state index is 13.0. The zero-order chi connectivity index (χ0) is 25.6. The third-order valence-electron chi connectivity index (χ3n) is 8.93. The van der Waals surface area contributed by atoms with Crippen molar-refractivity contribution in [3.63, 3.8) is 0 Å². The molecule has 0 radical (unpaired) electrons. The molecule has 1 saturated heterocycles. The van der Waals surface area contributed by atoms with E-state index >= 15 is 0 Å². The van der Waals surface area contributed by atoms with E-state index in [0.29, 0.717) is 11.9 Å². The molecule has 7 nitrogen and oxygen atoms in total. The smallest absolute Gasteiger partial charge is 0.253 e. The number of fused-ring (bicyclic) bond motifs is 4. The highest BCUT2D eigenvalue weighted by Gasteiger charge is 2.41. The fourth-order valence-corrected chi connectivity index (χ4v) is 6.65. The highest BCUT2D eigenvalue weighted by atomic mass is 16.2. The van der Waals surface area contributed by atoms with E-state index in [-0.39, 0.29) is 11.4 Å². The first-order chi connectivity index (χ1) is 17.9. The van der Waals surface area contributed by atoms with E-state index in [1.54, 1.807) is 0 Å². The molecule has 0 bridgehead atoms. The van der Waals surface area contributed by atoms with Gasteiger partial charge in [0.15, 0.2) is 0 Å². The van der Waals surface area contributed by atoms with Crippen molar-refractivity contribution in [3.05, 3.63) is 60.1 Å². The number of piperidine rings is 1. The number of aromatic nitrogens is 3. The van der Waals surface area contributed by atoms with Crippen LogP contribution in [0.1, 0.15) is 74.8 Å². The Hall–Kier alpha value is -3.35. The summed E-state index contributed by atoms with van der Waals surface area (Å²) in [7, 11) is 0. The Kier molecular flexibility index (Phi) is 6.17. The Morgan fingerprint density at radius 1 is 1.14 bits per heavy atom. The molecule has 0 unspecified atom stereocenters. The first-order valence-electron chi connectivity index (χ1n) is 13.9. The lowest BCUT2D eigenvalue weighted by atomic mass is 9.78. The quantitative estimate of drug-likeness (QED) is 0.464. The third-order valence-corrected chi connectivity index (χ3v) is 8.93. The van der Waals surface area contributed by atoms with Gasteiger partial charge in [0, 0.05) is 47.3 Å². The van der Waals surface area contributed by atoms with Gasteiger partial charge in [0.25, 0.3) is 5.91 Å². The predicted molar refractivity (Wildman–Crippen MR) is 148 cm³/mol. The molecular weight excluding hydrogens is 460 g/mol. The highest BCUT2D eigenvalue weighted by molar-refractivity contribution is 5.94. The summed E-state index contributed by atoms with van der Waals surface area (Å²) in [6, 6.07) is 9.92. The van der Waals surface area contributed by atoms with E-state index in [1.165, 1.54) is 25.0 Å². The van der Waals surface area contributed by atoms with Crippen LogP contribution in [0.2, 0.25) is 0 Å². The molecule has 4 heterocycles. The van der Waals surface area contributed by atoms with Crippen LogP contribution in [0.25, 0.3) is 11.0 Å². The minimum atomic E-state index is -0.106. The fourth-order valence-electron chi connectivity index (χ4n) is 6.65. The molecule has 2 N–H and O–H groups in total. The van der Waals surface area contributed by atoms with Crippen LogP contribution >= 0.6 is 0 Å². The van der Waals surface area contributed by atoms with Crippen LogP contribution in [-0.2, 0) is 12.1 Å². The molecule has 1 aromatic carbocycles. The predicted octanol–water partition coefficient (Wildman–Crippen LogP) is 5.96. The molecule has 0 atom stereocenters. The number of carbonyl (C=O) groups is 1. The number of amides is 1. The van der Waals surface area contributed by atoms with Gasteiger partial charge in [-0.15, -0.1) is 0 Å². The van der Waals surface area contributed by atoms with Gasteiger partial charge in [-0.1, -0.05) is 39.7 Å². The van der Waals surface area contributed by atoms with Crippen LogP contribution in [0.3, 0.4) is 0 Å². The lowest BCUT2D eigenvalue weighted by Gasteiger charge is -2.45. The van der Waals surface area contributed by atoms with Crippen LogP contribution in [0.4, 0.5) is 11.6 Å². The molecule has 1 saturated carbocycles. The monoisotopic (exact) mass is 498 g/mol. The number of nitrogens with one attached hydrogen (secondary N) is 2. The van der Waals surface area contributed by atoms with E-state index in [1.807, 2.05) is 35.4 Å². The molecule has 3 aromatic rings. The van der Waals surface area contributed by atoms with Gasteiger partial charge in [0.05, 0.1) is 12.1 Å². The van der Waals surface area contributed by atoms with Crippen molar-refractivity contribution in [3.8, 4) is 0 Å². The van der Waals surface area contributed by atoms with Gasteiger partial charge in [0.1, 0.15) is 5.65 Å². The summed E-state index contributed by atoms with van der Waals surface area (Å²) in [5, 5.41) is 7.97. The summed E-state index contributed by atoms with van der Waals surface area (Å²) in [5.41, 5.74) is 4.82. The number of likely N-dealkylation sites (tertiary alicyclic amines) is 1. The maximum atomic E-state index is 13.0. The average Bonchev–Trinajstić information content (AvgIpc) is 3.30. The zero-order valence-corrected chi connectivity index (χ0v) is 22.1. The minimum absolute atomic E-state index is 0.106. The van der Waals surface area contributed by atoms with Crippen molar-refractivity contribution in [2.24, 2.45) is 11.8 Å². The first-order valence-corrected chi connectivity index (χ1v) is 13.9. The van der Waals surface area contributed by atoms with Crippen LogP contribution in [0, 0.1) is 11.8 Å². The second-order valence-corrected chi connectivity index (χ2v) is 11.4. The standard InChI is InChI=1S/C30H38N6O/c1-20(2)22-11-15-35(16-12-22)28(37)23-7-9-25(10-8-23)33-29-32-18-24-17-26-19-31-21(3)30(13-5-4-6-14-30)36(26)27(24)34-29/h7-10,17-18,20,22,31H,3-6,11-16,19H2,1-2H3,(H,32,33,34). The summed E-state index contributed by atoms with van der Waals surface area (Å²) < 4.78 is 2.43. The summed E-state index contributed by atoms with van der Waals surface area (Å²) in [6.07, 6.45) is 9.97. The molecular formula is C30H38N6O. The van der Waals surface area contributed by atoms with Crippen LogP contribution in [0.15, 0.2) is 48.8 Å². The maximum Gasteiger partial charge on any atom is 0.253 e. The Morgan fingerprint density at radius 2 is 1.86 bits per heavy atom. The lowest BCUT2D eigenvalue weighted by Crippen LogP contribution is -2.47. The second-order valence-electron chi connectivity index (χ2n) is 11.4. The number of rotatable bonds is 4. The molecule has 2 aromatic heterocycles. The Labute approximate surface area is 219 Å². The molecule has 3 aliphatic rings. The van der Waals surface area contributed by atoms with Crippen molar-refractivity contribution in [1.82, 2.24) is 24.8 Å². The van der Waals surface area contributed by atoms with Crippen molar-refractivity contribution < 1.29 is 4.79 Å². The molecule has 1 spiro atoms. The summed E-state index contributed by atoms with van der Waals surface area (Å²) in [6.45, 7) is 11.4. The number of anilines is 2. The minimum Gasteiger partial charge on any atom is -0.381 e. The topological polar surface area (TPSA) is 75.1 Å². The number of nitrogens with zero attached hydrogens (tertiary/aromatic N) is 4. The molecule has 2 fully saturated rings. The Morgan fingerprint density at radius 3 is 2.57 bits per heavy atom. The summed E-state index contributed by atoms with van der Waals surface area (Å²) in [5.74, 6) is 2.10. The van der Waals surface area contributed by atoms with E-state index in [9.17, 15) is 4.79 Å². The molecule has 7 heteroatoms. The average molecular weight is 499 g/mol. The molecule has 1 amide bonds. The summed E-state index contributed by atoms with van der Waals surface area (Å²) in [4.78, 5) is 24.6. The number of hydrogen-bond acceptors (Lipinski definition) is 5. The van der Waals surface area contributed by atoms with Gasteiger partial charge in [-0.05, 0) is 67.9 Å². The van der Waals surface area contributed by atoms with E-state index in [0.717, 1.165) is 79.2 Å². The highest BCUT2D eigenvalue weighted by Crippen LogP contribution is 2.44. The van der Waals surface area contributed by atoms with Gasteiger partial charge in [0.2, 0.25) is 5.95 Å². The molecule has 1 aliphatic carbocycles. The van der Waals surface area contributed by atoms with Gasteiger partial charge < -0.3 is 20.1 Å². The molecule has 2 aliphatic heterocycles. The third kappa shape index (κ3) is 4.28. The first kappa shape index (κ1) is 24.0. The van der Waals surface area contributed by atoms with Gasteiger partial charge >= 0.3 is 0 Å². The van der Waals surface area contributed by atoms with Crippen molar-refractivity contribution in [2.45, 2.75) is 70.9 Å². The summed E-state index contributed by atoms with van der Waals surface area (Å²) >= 11 is 0. The largest absolute Gasteiger partial charge is 0.381 e. The molecule has 6 rings (SSSR count). The normalized spacial score (nSPS) is 19.8. The van der Waals surface area contributed by atoms with Crippen molar-refractivity contribution >= 4 is 28.6 Å². The number of benzene rings is 1. The SMILES string of the molecule is C=C1NCc2cc3cnc(Nc4ccc(C(=O)N5CCC(C(C)C)CC5)cc4)nc3n2C12CCCCC2. The van der Waals surface area contributed by atoms with Crippen LogP contribution in [-0.4, -0.2) is 38.4 Å². The zero-order valence-electron chi connectivity index (χ0n) is 22.1. The van der Waals surface area contributed by atoms with Crippen molar-refractivity contribution in [2.75, 3.05) is 18.4 Å². The van der Waals surface area contributed by atoms with E-state index < -0.39 is 0 Å². The van der Waals surface area contributed by atoms with Crippen LogP contribution in [0.5, 0.6) is 0 Å². The molecule has 37 heavy (non-hydrogen) atoms. The van der Waals surface area contributed by atoms with Crippen LogP contribution < -0.4 is 10.6 Å². The number of allylic oxidation sites excluding steroid dienone is 1. The Bertz CT molecular complexity index is 1310. The van der Waals surface area contributed by atoms with E-state index in [4.69, 9.17) is 4.98 Å². The number of hydrogen-bond donors (Lipinski definition) is 2. The van der Waals surface area contributed by atoms with Crippen molar-refractivity contribution in [1.29, 1.82) is 0 Å². The fraction of sp³-hybridized carbons (Fsp3) is 0.500. The van der Waals surface area contributed by atoms with Gasteiger partial charge in [-0.25, -0.2) is 4.98 Å². The van der Waals surface area contributed by atoms with Gasteiger partial charge in [-0.3, -0.25) is 4.79 Å². The van der Waals surface area contributed by atoms with Gasteiger partial charge in [-0.2, -0.15) is 4.98 Å². The lowest BCUT2D eigenvalue weighted by molar-refractivity contribution is 0.0667. The number of carbonyl (C=O) groups excluding carboxylic acids is 1. The molecule has 194 valence electrons. The Balaban J connectivity index is 1.21.